The minimum atomic E-state index is -0.726. The number of nitrogens with two attached hydrogens (primary N) is 1. The number of aromatic amines is 1. The summed E-state index contributed by atoms with van der Waals surface area (Å²) in [7, 11) is 1.43. The number of rotatable bonds is 5. The van der Waals surface area contributed by atoms with Gasteiger partial charge >= 0.3 is 5.69 Å². The maximum Gasteiger partial charge on any atom is 0.330 e. The average Bonchev–Trinajstić information content (AvgIpc) is 3.18. The highest BCUT2D eigenvalue weighted by Crippen LogP contribution is 2.23. The quantitative estimate of drug-likeness (QED) is 0.469. The van der Waals surface area contributed by atoms with Gasteiger partial charge in [-0.05, 0) is 23.8 Å². The van der Waals surface area contributed by atoms with Crippen molar-refractivity contribution < 1.29 is 4.79 Å². The molecule has 2 aromatic carbocycles. The molecule has 0 saturated carbocycles. The van der Waals surface area contributed by atoms with Crippen molar-refractivity contribution in [2.24, 2.45) is 0 Å². The number of anilines is 2. The number of para-hydroxylation sites is 1. The van der Waals surface area contributed by atoms with Crippen LogP contribution < -0.4 is 21.9 Å². The van der Waals surface area contributed by atoms with Crippen LogP contribution in [0.5, 0.6) is 0 Å². The Hall–Kier alpha value is -3.98. The fourth-order valence-electron chi connectivity index (χ4n) is 3.15. The number of amides is 1. The molecule has 3 N–H and O–H groups in total. The molecule has 156 valence electrons. The molecule has 0 unspecified atom stereocenters. The Bertz CT molecular complexity index is 1370. The lowest BCUT2D eigenvalue weighted by Crippen LogP contribution is -2.39. The van der Waals surface area contributed by atoms with Crippen LogP contribution in [-0.4, -0.2) is 27.5 Å². The third-order valence-corrected chi connectivity index (χ3v) is 5.74. The molecule has 0 aliphatic heterocycles. The van der Waals surface area contributed by atoms with Crippen molar-refractivity contribution >= 4 is 45.0 Å². The van der Waals surface area contributed by atoms with Crippen LogP contribution in [0.4, 0.5) is 11.5 Å². The Kier molecular flexibility index (Phi) is 5.50. The molecule has 8 nitrogen and oxygen atoms in total. The molecule has 0 bridgehead atoms. The van der Waals surface area contributed by atoms with E-state index in [1.54, 1.807) is 6.08 Å². The maximum absolute atomic E-state index is 12.7. The minimum absolute atomic E-state index is 0.0816. The minimum Gasteiger partial charge on any atom is -0.383 e. The SMILES string of the molecule is CN(C(=O)/C=C/c1nc2ccccc2s1)c1c(N)n(Cc2ccccc2)c(=O)[nH]c1=O. The summed E-state index contributed by atoms with van der Waals surface area (Å²) in [5, 5.41) is 0.666. The number of nitrogens with one attached hydrogen (secondary N) is 1. The summed E-state index contributed by atoms with van der Waals surface area (Å²) in [5.41, 5.74) is 6.37. The van der Waals surface area contributed by atoms with Gasteiger partial charge in [-0.2, -0.15) is 0 Å². The Labute approximate surface area is 180 Å². The summed E-state index contributed by atoms with van der Waals surface area (Å²) in [4.78, 5) is 45.3. The van der Waals surface area contributed by atoms with Crippen LogP contribution in [0.1, 0.15) is 10.6 Å². The van der Waals surface area contributed by atoms with Crippen LogP contribution >= 0.6 is 11.3 Å². The summed E-state index contributed by atoms with van der Waals surface area (Å²) in [6, 6.07) is 16.9. The molecule has 4 rings (SSSR count). The van der Waals surface area contributed by atoms with Crippen LogP contribution in [0.3, 0.4) is 0 Å². The van der Waals surface area contributed by atoms with E-state index in [2.05, 4.69) is 9.97 Å². The molecule has 0 spiro atoms. The van der Waals surface area contributed by atoms with E-state index in [0.29, 0.717) is 5.01 Å². The van der Waals surface area contributed by atoms with E-state index in [1.807, 2.05) is 54.6 Å². The fourth-order valence-corrected chi connectivity index (χ4v) is 4.02. The average molecular weight is 433 g/mol. The molecule has 9 heteroatoms. The summed E-state index contributed by atoms with van der Waals surface area (Å²) >= 11 is 1.45. The first-order valence-corrected chi connectivity index (χ1v) is 10.2. The molecule has 2 heterocycles. The van der Waals surface area contributed by atoms with Gasteiger partial charge < -0.3 is 10.6 Å². The predicted octanol–water partition coefficient (Wildman–Crippen LogP) is 2.45. The molecular weight excluding hydrogens is 414 g/mol. The third kappa shape index (κ3) is 4.17. The van der Waals surface area contributed by atoms with Crippen molar-refractivity contribution in [3.05, 3.63) is 92.1 Å². The molecule has 0 atom stereocenters. The van der Waals surface area contributed by atoms with Crippen molar-refractivity contribution in [1.82, 2.24) is 14.5 Å². The number of nitrogens with zero attached hydrogens (tertiary/aromatic N) is 3. The van der Waals surface area contributed by atoms with E-state index < -0.39 is 17.2 Å². The Morgan fingerprint density at radius 1 is 1.16 bits per heavy atom. The van der Waals surface area contributed by atoms with Crippen LogP contribution in [0, 0.1) is 0 Å². The summed E-state index contributed by atoms with van der Waals surface area (Å²) in [6.45, 7) is 0.166. The third-order valence-electron chi connectivity index (χ3n) is 4.74. The highest BCUT2D eigenvalue weighted by molar-refractivity contribution is 7.19. The fraction of sp³-hybridized carbons (Fsp3) is 0.0909. The second-order valence-electron chi connectivity index (χ2n) is 6.82. The number of thiazole rings is 1. The smallest absolute Gasteiger partial charge is 0.330 e. The highest BCUT2D eigenvalue weighted by atomic mass is 32.1. The monoisotopic (exact) mass is 433 g/mol. The van der Waals surface area contributed by atoms with E-state index >= 15 is 0 Å². The number of carbonyl (C=O) groups is 1. The Morgan fingerprint density at radius 2 is 1.87 bits per heavy atom. The van der Waals surface area contributed by atoms with Gasteiger partial charge in [-0.1, -0.05) is 42.5 Å². The number of carbonyl (C=O) groups excluding carboxylic acids is 1. The Balaban J connectivity index is 1.63. The summed E-state index contributed by atoms with van der Waals surface area (Å²) in [5.74, 6) is -0.553. The van der Waals surface area contributed by atoms with Gasteiger partial charge in [-0.3, -0.25) is 19.1 Å². The van der Waals surface area contributed by atoms with E-state index in [-0.39, 0.29) is 18.1 Å². The van der Waals surface area contributed by atoms with Gasteiger partial charge in [0.1, 0.15) is 10.8 Å². The second-order valence-corrected chi connectivity index (χ2v) is 7.88. The molecule has 0 fully saturated rings. The molecule has 31 heavy (non-hydrogen) atoms. The van der Waals surface area contributed by atoms with Crippen LogP contribution in [0.25, 0.3) is 16.3 Å². The standard InChI is InChI=1S/C22H19N5O3S/c1-26(18(28)12-11-17-24-15-9-5-6-10-16(15)31-17)19-20(23)27(22(30)25-21(19)29)13-14-7-3-2-4-8-14/h2-12H,13,23H2,1H3,(H,25,29,30)/b12-11+. The van der Waals surface area contributed by atoms with Gasteiger partial charge in [0.2, 0.25) is 0 Å². The first-order chi connectivity index (χ1) is 14.9. The molecule has 4 aromatic rings. The highest BCUT2D eigenvalue weighted by Gasteiger charge is 2.19. The molecule has 0 saturated heterocycles. The number of hydrogen-bond donors (Lipinski definition) is 2. The van der Waals surface area contributed by atoms with E-state index in [0.717, 1.165) is 20.7 Å². The number of fused-ring (bicyclic) bond motifs is 1. The summed E-state index contributed by atoms with van der Waals surface area (Å²) in [6.07, 6.45) is 2.91. The number of aromatic nitrogens is 3. The lowest BCUT2D eigenvalue weighted by atomic mass is 10.2. The number of likely N-dealkylation sites (N-methyl/N-ethyl adjacent to an activating group) is 1. The largest absolute Gasteiger partial charge is 0.383 e. The lowest BCUT2D eigenvalue weighted by molar-refractivity contribution is -0.113. The van der Waals surface area contributed by atoms with Crippen molar-refractivity contribution in [3.8, 4) is 0 Å². The number of benzene rings is 2. The van der Waals surface area contributed by atoms with Gasteiger partial charge in [-0.15, -0.1) is 11.3 Å². The number of H-pyrrole nitrogens is 1. The molecule has 2 aromatic heterocycles. The van der Waals surface area contributed by atoms with Gasteiger partial charge in [-0.25, -0.2) is 9.78 Å². The van der Waals surface area contributed by atoms with E-state index in [9.17, 15) is 14.4 Å². The normalized spacial score (nSPS) is 11.3. The van der Waals surface area contributed by atoms with Crippen LogP contribution in [-0.2, 0) is 11.3 Å². The van der Waals surface area contributed by atoms with Crippen molar-refractivity contribution in [2.75, 3.05) is 17.7 Å². The van der Waals surface area contributed by atoms with Gasteiger partial charge in [0.15, 0.2) is 5.69 Å². The van der Waals surface area contributed by atoms with Crippen molar-refractivity contribution in [1.29, 1.82) is 0 Å². The second kappa shape index (κ2) is 8.41. The zero-order chi connectivity index (χ0) is 22.0. The molecule has 1 amide bonds. The number of nitrogen functional groups attached to an aromatic ring is 1. The summed E-state index contributed by atoms with van der Waals surface area (Å²) < 4.78 is 2.24. The van der Waals surface area contributed by atoms with E-state index in [1.165, 1.54) is 29.0 Å². The molecular formula is C22H19N5O3S. The number of hydrogen-bond acceptors (Lipinski definition) is 6. The van der Waals surface area contributed by atoms with Crippen LogP contribution in [0.15, 0.2) is 70.3 Å². The lowest BCUT2D eigenvalue weighted by Gasteiger charge is -2.19. The first kappa shape index (κ1) is 20.3. The van der Waals surface area contributed by atoms with Crippen molar-refractivity contribution in [2.45, 2.75) is 6.54 Å². The zero-order valence-electron chi connectivity index (χ0n) is 16.6. The van der Waals surface area contributed by atoms with E-state index in [4.69, 9.17) is 5.73 Å². The van der Waals surface area contributed by atoms with Gasteiger partial charge in [0, 0.05) is 13.1 Å². The topological polar surface area (TPSA) is 114 Å². The Morgan fingerprint density at radius 3 is 2.61 bits per heavy atom. The molecule has 0 radical (unpaired) electrons. The van der Waals surface area contributed by atoms with Gasteiger partial charge in [0.25, 0.3) is 11.5 Å². The maximum atomic E-state index is 12.7. The van der Waals surface area contributed by atoms with Crippen molar-refractivity contribution in [3.63, 3.8) is 0 Å². The molecule has 0 aliphatic rings. The van der Waals surface area contributed by atoms with Gasteiger partial charge in [0.05, 0.1) is 16.8 Å². The predicted molar refractivity (Wildman–Crippen MR) is 123 cm³/mol. The zero-order valence-corrected chi connectivity index (χ0v) is 17.4. The first-order valence-electron chi connectivity index (χ1n) is 9.42. The van der Waals surface area contributed by atoms with Crippen LogP contribution in [0.2, 0.25) is 0 Å². The molecule has 0 aliphatic carbocycles.